The van der Waals surface area contributed by atoms with Gasteiger partial charge in [0, 0.05) is 27.7 Å². The van der Waals surface area contributed by atoms with Crippen molar-refractivity contribution in [2.45, 2.75) is 0 Å². The molecule has 3 nitrogen and oxygen atoms in total. The number of ether oxygens (including phenoxy) is 1. The molecule has 0 aliphatic rings. The highest BCUT2D eigenvalue weighted by Crippen LogP contribution is 2.30. The number of rotatable bonds is 4. The van der Waals surface area contributed by atoms with Crippen LogP contribution in [0.15, 0.2) is 79.0 Å². The first kappa shape index (κ1) is 17.2. The zero-order valence-corrected chi connectivity index (χ0v) is 14.8. The minimum Gasteiger partial charge on any atom is -0.457 e. The number of ketones is 1. The first-order valence-corrected chi connectivity index (χ1v) is 8.60. The molecule has 0 fully saturated rings. The second kappa shape index (κ2) is 7.17. The highest BCUT2D eigenvalue weighted by Gasteiger charge is 2.10. The zero-order chi connectivity index (χ0) is 18.8. The number of halogens is 2. The van der Waals surface area contributed by atoms with E-state index in [-0.39, 0.29) is 11.6 Å². The van der Waals surface area contributed by atoms with Gasteiger partial charge in [0.15, 0.2) is 5.78 Å². The molecule has 27 heavy (non-hydrogen) atoms. The van der Waals surface area contributed by atoms with Crippen molar-refractivity contribution >= 4 is 28.3 Å². The summed E-state index contributed by atoms with van der Waals surface area (Å²) < 4.78 is 18.9. The monoisotopic (exact) mass is 377 g/mol. The second-order valence-corrected chi connectivity index (χ2v) is 6.37. The first-order valence-electron chi connectivity index (χ1n) is 8.22. The Kier molecular flexibility index (Phi) is 4.57. The van der Waals surface area contributed by atoms with Crippen LogP contribution in [0.3, 0.4) is 0 Å². The third kappa shape index (κ3) is 3.66. The normalized spacial score (nSPS) is 10.7. The summed E-state index contributed by atoms with van der Waals surface area (Å²) in [5, 5.41) is 1.45. The van der Waals surface area contributed by atoms with E-state index in [1.807, 2.05) is 6.07 Å². The summed E-state index contributed by atoms with van der Waals surface area (Å²) in [7, 11) is 0. The van der Waals surface area contributed by atoms with Crippen molar-refractivity contribution in [1.29, 1.82) is 0 Å². The average molecular weight is 378 g/mol. The third-order valence-electron chi connectivity index (χ3n) is 4.12. The van der Waals surface area contributed by atoms with Crippen LogP contribution in [0.4, 0.5) is 4.39 Å². The Balaban J connectivity index is 1.58. The van der Waals surface area contributed by atoms with Gasteiger partial charge in [-0.2, -0.15) is 0 Å². The van der Waals surface area contributed by atoms with E-state index in [4.69, 9.17) is 16.3 Å². The average Bonchev–Trinajstić information content (AvgIpc) is 2.68. The number of pyridine rings is 1. The molecular formula is C22H13ClFNO2. The summed E-state index contributed by atoms with van der Waals surface area (Å²) in [4.78, 5) is 16.7. The van der Waals surface area contributed by atoms with Crippen molar-refractivity contribution in [2.75, 3.05) is 0 Å². The van der Waals surface area contributed by atoms with Gasteiger partial charge in [0.25, 0.3) is 0 Å². The van der Waals surface area contributed by atoms with Crippen LogP contribution in [0.2, 0.25) is 5.02 Å². The fourth-order valence-electron chi connectivity index (χ4n) is 2.75. The second-order valence-electron chi connectivity index (χ2n) is 5.93. The molecule has 0 bridgehead atoms. The lowest BCUT2D eigenvalue weighted by atomic mass is 10.0. The molecule has 3 aromatic carbocycles. The van der Waals surface area contributed by atoms with Gasteiger partial charge in [-0.3, -0.25) is 9.78 Å². The maximum Gasteiger partial charge on any atom is 0.193 e. The molecule has 5 heteroatoms. The Morgan fingerprint density at radius 3 is 2.26 bits per heavy atom. The van der Waals surface area contributed by atoms with Gasteiger partial charge in [-0.1, -0.05) is 11.6 Å². The Labute approximate surface area is 160 Å². The van der Waals surface area contributed by atoms with Crippen molar-refractivity contribution in [2.24, 2.45) is 0 Å². The van der Waals surface area contributed by atoms with E-state index in [1.54, 1.807) is 48.7 Å². The van der Waals surface area contributed by atoms with Crippen molar-refractivity contribution < 1.29 is 13.9 Å². The molecule has 0 aliphatic heterocycles. The SMILES string of the molecule is O=C(c1ccc(F)cc1)c1ccc(Oc2ccnc3cc(Cl)ccc23)cc1. The summed E-state index contributed by atoms with van der Waals surface area (Å²) in [6.07, 6.45) is 1.65. The molecule has 0 N–H and O–H groups in total. The van der Waals surface area contributed by atoms with E-state index >= 15 is 0 Å². The van der Waals surface area contributed by atoms with E-state index in [1.165, 1.54) is 24.3 Å². The largest absolute Gasteiger partial charge is 0.457 e. The Morgan fingerprint density at radius 2 is 1.56 bits per heavy atom. The van der Waals surface area contributed by atoms with Crippen molar-refractivity contribution in [3.05, 3.63) is 101 Å². The Bertz CT molecular complexity index is 1130. The zero-order valence-electron chi connectivity index (χ0n) is 14.0. The van der Waals surface area contributed by atoms with Gasteiger partial charge < -0.3 is 4.74 Å². The molecule has 1 heterocycles. The van der Waals surface area contributed by atoms with Crippen LogP contribution in [0, 0.1) is 5.82 Å². The molecular weight excluding hydrogens is 365 g/mol. The van der Waals surface area contributed by atoms with Crippen molar-refractivity contribution in [3.8, 4) is 11.5 Å². The van der Waals surface area contributed by atoms with E-state index in [9.17, 15) is 9.18 Å². The number of benzene rings is 3. The number of fused-ring (bicyclic) bond motifs is 1. The summed E-state index contributed by atoms with van der Waals surface area (Å²) in [5.41, 5.74) is 1.67. The standard InChI is InChI=1S/C22H13ClFNO2/c23-16-5-10-19-20(13-16)25-12-11-21(19)27-18-8-3-15(4-9-18)22(26)14-1-6-17(24)7-2-14/h1-13H. The lowest BCUT2D eigenvalue weighted by Crippen LogP contribution is -2.01. The fourth-order valence-corrected chi connectivity index (χ4v) is 2.92. The molecule has 1 aromatic heterocycles. The molecule has 0 amide bonds. The summed E-state index contributed by atoms with van der Waals surface area (Å²) in [5.74, 6) is 0.689. The topological polar surface area (TPSA) is 39.2 Å². The molecule has 0 atom stereocenters. The van der Waals surface area contributed by atoms with Gasteiger partial charge >= 0.3 is 0 Å². The number of carbonyl (C=O) groups is 1. The minimum absolute atomic E-state index is 0.175. The van der Waals surface area contributed by atoms with Crippen LogP contribution in [-0.2, 0) is 0 Å². The molecule has 4 aromatic rings. The van der Waals surface area contributed by atoms with Crippen LogP contribution < -0.4 is 4.74 Å². The smallest absolute Gasteiger partial charge is 0.193 e. The predicted octanol–water partition coefficient (Wildman–Crippen LogP) is 6.05. The summed E-state index contributed by atoms with van der Waals surface area (Å²) >= 11 is 6.00. The number of carbonyl (C=O) groups excluding carboxylic acids is 1. The number of hydrogen-bond acceptors (Lipinski definition) is 3. The maximum absolute atomic E-state index is 13.0. The first-order chi connectivity index (χ1) is 13.1. The van der Waals surface area contributed by atoms with Crippen LogP contribution in [-0.4, -0.2) is 10.8 Å². The molecule has 4 rings (SSSR count). The molecule has 0 aliphatic carbocycles. The molecule has 0 unspecified atom stereocenters. The lowest BCUT2D eigenvalue weighted by molar-refractivity contribution is 0.103. The van der Waals surface area contributed by atoms with Crippen LogP contribution >= 0.6 is 11.6 Å². The van der Waals surface area contributed by atoms with Gasteiger partial charge in [-0.05, 0) is 72.8 Å². The fraction of sp³-hybridized carbons (Fsp3) is 0. The molecule has 0 radical (unpaired) electrons. The van der Waals surface area contributed by atoms with Gasteiger partial charge in [0.2, 0.25) is 0 Å². The lowest BCUT2D eigenvalue weighted by Gasteiger charge is -2.09. The Morgan fingerprint density at radius 1 is 0.889 bits per heavy atom. The van der Waals surface area contributed by atoms with Crippen LogP contribution in [0.5, 0.6) is 11.5 Å². The third-order valence-corrected chi connectivity index (χ3v) is 4.35. The highest BCUT2D eigenvalue weighted by atomic mass is 35.5. The van der Waals surface area contributed by atoms with E-state index in [0.717, 1.165) is 10.9 Å². The number of nitrogens with zero attached hydrogens (tertiary/aromatic N) is 1. The van der Waals surface area contributed by atoms with E-state index < -0.39 is 0 Å². The van der Waals surface area contributed by atoms with Crippen LogP contribution in [0.1, 0.15) is 15.9 Å². The molecule has 0 saturated carbocycles. The Hall–Kier alpha value is -3.24. The van der Waals surface area contributed by atoms with Crippen molar-refractivity contribution in [1.82, 2.24) is 4.98 Å². The van der Waals surface area contributed by atoms with Crippen molar-refractivity contribution in [3.63, 3.8) is 0 Å². The highest BCUT2D eigenvalue weighted by molar-refractivity contribution is 6.31. The minimum atomic E-state index is -0.374. The predicted molar refractivity (Wildman–Crippen MR) is 103 cm³/mol. The molecule has 132 valence electrons. The summed E-state index contributed by atoms with van der Waals surface area (Å²) in [6.45, 7) is 0. The number of aromatic nitrogens is 1. The van der Waals surface area contributed by atoms with Gasteiger partial charge in [-0.15, -0.1) is 0 Å². The number of hydrogen-bond donors (Lipinski definition) is 0. The quantitative estimate of drug-likeness (QED) is 0.406. The van der Waals surface area contributed by atoms with E-state index in [0.29, 0.717) is 27.6 Å². The molecule has 0 spiro atoms. The molecule has 0 saturated heterocycles. The van der Waals surface area contributed by atoms with Gasteiger partial charge in [-0.25, -0.2) is 4.39 Å². The van der Waals surface area contributed by atoms with Gasteiger partial charge in [0.1, 0.15) is 17.3 Å². The van der Waals surface area contributed by atoms with Crippen LogP contribution in [0.25, 0.3) is 10.9 Å². The van der Waals surface area contributed by atoms with Gasteiger partial charge in [0.05, 0.1) is 5.52 Å². The van der Waals surface area contributed by atoms with E-state index in [2.05, 4.69) is 4.98 Å². The summed E-state index contributed by atoms with van der Waals surface area (Å²) in [6, 6.07) is 19.5. The maximum atomic E-state index is 13.0.